The van der Waals surface area contributed by atoms with E-state index in [1.54, 1.807) is 12.4 Å². The number of aliphatic imine (C=N–C) groups is 1. The third-order valence-corrected chi connectivity index (χ3v) is 4.22. The van der Waals surface area contributed by atoms with E-state index >= 15 is 0 Å². The number of aromatic nitrogens is 1. The SMILES string of the molecule is Clc1ccccc1C=Nc1nccc2c1ccc1ccccc12. The Morgan fingerprint density at radius 2 is 1.61 bits per heavy atom. The van der Waals surface area contributed by atoms with Crippen LogP contribution in [0.15, 0.2) is 77.9 Å². The molecule has 0 aliphatic heterocycles. The van der Waals surface area contributed by atoms with Crippen LogP contribution in [0.2, 0.25) is 5.02 Å². The summed E-state index contributed by atoms with van der Waals surface area (Å²) in [4.78, 5) is 8.97. The molecular weight excluding hydrogens is 304 g/mol. The first-order valence-corrected chi connectivity index (χ1v) is 7.76. The third-order valence-electron chi connectivity index (χ3n) is 3.88. The van der Waals surface area contributed by atoms with E-state index in [1.165, 1.54) is 10.8 Å². The summed E-state index contributed by atoms with van der Waals surface area (Å²) in [5.41, 5.74) is 0.883. The largest absolute Gasteiger partial charge is 0.237 e. The van der Waals surface area contributed by atoms with Gasteiger partial charge in [-0.1, -0.05) is 60.1 Å². The lowest BCUT2D eigenvalue weighted by atomic mass is 10.0. The van der Waals surface area contributed by atoms with Crippen LogP contribution in [0.4, 0.5) is 5.82 Å². The molecule has 0 amide bonds. The fourth-order valence-electron chi connectivity index (χ4n) is 2.74. The van der Waals surface area contributed by atoms with Crippen molar-refractivity contribution in [1.82, 2.24) is 4.98 Å². The highest BCUT2D eigenvalue weighted by molar-refractivity contribution is 6.33. The van der Waals surface area contributed by atoms with Crippen molar-refractivity contribution in [3.63, 3.8) is 0 Å². The zero-order valence-corrected chi connectivity index (χ0v) is 13.0. The lowest BCUT2D eigenvalue weighted by molar-refractivity contribution is 1.31. The molecule has 1 heterocycles. The molecule has 0 saturated carbocycles. The van der Waals surface area contributed by atoms with E-state index in [4.69, 9.17) is 11.6 Å². The Labute approximate surface area is 139 Å². The Balaban J connectivity index is 1.88. The number of hydrogen-bond donors (Lipinski definition) is 0. The van der Waals surface area contributed by atoms with Crippen LogP contribution in [0.1, 0.15) is 5.56 Å². The van der Waals surface area contributed by atoms with Crippen LogP contribution < -0.4 is 0 Å². The zero-order valence-electron chi connectivity index (χ0n) is 12.3. The van der Waals surface area contributed by atoms with Gasteiger partial charge in [0.15, 0.2) is 5.82 Å². The van der Waals surface area contributed by atoms with Gasteiger partial charge in [0.2, 0.25) is 0 Å². The average Bonchev–Trinajstić information content (AvgIpc) is 2.61. The van der Waals surface area contributed by atoms with Crippen LogP contribution in [0.3, 0.4) is 0 Å². The molecule has 0 radical (unpaired) electrons. The van der Waals surface area contributed by atoms with Crippen molar-refractivity contribution >= 4 is 45.2 Å². The Kier molecular flexibility index (Phi) is 3.52. The van der Waals surface area contributed by atoms with Crippen molar-refractivity contribution in [2.45, 2.75) is 0 Å². The molecule has 2 nitrogen and oxygen atoms in total. The second-order valence-corrected chi connectivity index (χ2v) is 5.70. The second-order valence-electron chi connectivity index (χ2n) is 5.30. The van der Waals surface area contributed by atoms with Crippen LogP contribution in [-0.4, -0.2) is 11.2 Å². The van der Waals surface area contributed by atoms with Gasteiger partial charge < -0.3 is 0 Å². The normalized spacial score (nSPS) is 11.5. The molecule has 1 aromatic heterocycles. The molecule has 0 aliphatic carbocycles. The van der Waals surface area contributed by atoms with E-state index in [9.17, 15) is 0 Å². The predicted octanol–water partition coefficient (Wildman–Crippen LogP) is 5.79. The minimum atomic E-state index is 0.682. The maximum absolute atomic E-state index is 6.18. The summed E-state index contributed by atoms with van der Waals surface area (Å²) in [6, 6.07) is 22.2. The summed E-state index contributed by atoms with van der Waals surface area (Å²) in [6.45, 7) is 0. The zero-order chi connectivity index (χ0) is 15.6. The molecule has 0 fully saturated rings. The lowest BCUT2D eigenvalue weighted by Gasteiger charge is -2.05. The highest BCUT2D eigenvalue weighted by atomic mass is 35.5. The molecule has 0 atom stereocenters. The minimum Gasteiger partial charge on any atom is -0.237 e. The van der Waals surface area contributed by atoms with E-state index in [-0.39, 0.29) is 0 Å². The molecule has 0 unspecified atom stereocenters. The molecular formula is C20H13ClN2. The Morgan fingerprint density at radius 3 is 2.52 bits per heavy atom. The van der Waals surface area contributed by atoms with Gasteiger partial charge in [-0.15, -0.1) is 0 Å². The van der Waals surface area contributed by atoms with E-state index in [2.05, 4.69) is 40.3 Å². The van der Waals surface area contributed by atoms with Gasteiger partial charge >= 0.3 is 0 Å². The van der Waals surface area contributed by atoms with Crippen molar-refractivity contribution in [1.29, 1.82) is 0 Å². The van der Waals surface area contributed by atoms with Crippen molar-refractivity contribution in [3.8, 4) is 0 Å². The molecule has 0 spiro atoms. The molecule has 0 saturated heterocycles. The monoisotopic (exact) mass is 316 g/mol. The first-order chi connectivity index (χ1) is 11.3. The fourth-order valence-corrected chi connectivity index (χ4v) is 2.92. The van der Waals surface area contributed by atoms with Gasteiger partial charge in [-0.2, -0.15) is 0 Å². The standard InChI is InChI=1S/C20H13ClN2/c21-19-8-4-2-6-15(19)13-23-20-18-10-9-14-5-1-3-7-16(14)17(18)11-12-22-20/h1-13H. The molecule has 23 heavy (non-hydrogen) atoms. The summed E-state index contributed by atoms with van der Waals surface area (Å²) in [5, 5.41) is 5.30. The molecule has 3 heteroatoms. The van der Waals surface area contributed by atoms with Crippen molar-refractivity contribution in [2.75, 3.05) is 0 Å². The van der Waals surface area contributed by atoms with Crippen LogP contribution in [0.5, 0.6) is 0 Å². The Hall–Kier alpha value is -2.71. The number of nitrogens with zero attached hydrogens (tertiary/aromatic N) is 2. The maximum Gasteiger partial charge on any atom is 0.159 e. The second kappa shape index (κ2) is 5.82. The highest BCUT2D eigenvalue weighted by Crippen LogP contribution is 2.30. The van der Waals surface area contributed by atoms with E-state index in [1.807, 2.05) is 36.4 Å². The van der Waals surface area contributed by atoms with Crippen LogP contribution in [0, 0.1) is 0 Å². The van der Waals surface area contributed by atoms with Crippen molar-refractivity contribution in [2.24, 2.45) is 4.99 Å². The van der Waals surface area contributed by atoms with Gasteiger partial charge in [0, 0.05) is 28.4 Å². The predicted molar refractivity (Wildman–Crippen MR) is 98.0 cm³/mol. The maximum atomic E-state index is 6.18. The number of hydrogen-bond acceptors (Lipinski definition) is 2. The first-order valence-electron chi connectivity index (χ1n) is 7.38. The Bertz CT molecular complexity index is 1040. The van der Waals surface area contributed by atoms with Gasteiger partial charge in [0.1, 0.15) is 0 Å². The molecule has 4 rings (SSSR count). The van der Waals surface area contributed by atoms with Crippen molar-refractivity contribution in [3.05, 3.63) is 83.5 Å². The van der Waals surface area contributed by atoms with Crippen LogP contribution in [-0.2, 0) is 0 Å². The minimum absolute atomic E-state index is 0.682. The fraction of sp³-hybridized carbons (Fsp3) is 0. The summed E-state index contributed by atoms with van der Waals surface area (Å²) in [5.74, 6) is 0.702. The van der Waals surface area contributed by atoms with Crippen molar-refractivity contribution < 1.29 is 0 Å². The first kappa shape index (κ1) is 13.9. The van der Waals surface area contributed by atoms with E-state index in [0.29, 0.717) is 10.8 Å². The quantitative estimate of drug-likeness (QED) is 0.339. The molecule has 3 aromatic carbocycles. The molecule has 0 N–H and O–H groups in total. The smallest absolute Gasteiger partial charge is 0.159 e. The highest BCUT2D eigenvalue weighted by Gasteiger charge is 2.04. The molecule has 0 aliphatic rings. The summed E-state index contributed by atoms with van der Waals surface area (Å²) >= 11 is 6.18. The number of halogens is 1. The average molecular weight is 317 g/mol. The van der Waals surface area contributed by atoms with Crippen LogP contribution in [0.25, 0.3) is 21.5 Å². The summed E-state index contributed by atoms with van der Waals surface area (Å²) in [6.07, 6.45) is 3.56. The number of rotatable bonds is 2. The van der Waals surface area contributed by atoms with Gasteiger partial charge in [-0.05, 0) is 34.4 Å². The topological polar surface area (TPSA) is 25.2 Å². The van der Waals surface area contributed by atoms with E-state index < -0.39 is 0 Å². The summed E-state index contributed by atoms with van der Waals surface area (Å²) < 4.78 is 0. The number of pyridine rings is 1. The third kappa shape index (κ3) is 2.58. The number of fused-ring (bicyclic) bond motifs is 3. The summed E-state index contributed by atoms with van der Waals surface area (Å²) in [7, 11) is 0. The molecule has 110 valence electrons. The van der Waals surface area contributed by atoms with Gasteiger partial charge in [0.25, 0.3) is 0 Å². The Morgan fingerprint density at radius 1 is 0.783 bits per heavy atom. The van der Waals surface area contributed by atoms with Crippen LogP contribution >= 0.6 is 11.6 Å². The molecule has 4 aromatic rings. The molecule has 0 bridgehead atoms. The van der Waals surface area contributed by atoms with E-state index in [0.717, 1.165) is 16.3 Å². The lowest BCUT2D eigenvalue weighted by Crippen LogP contribution is -1.84. The number of benzene rings is 3. The van der Waals surface area contributed by atoms with Gasteiger partial charge in [0.05, 0.1) is 0 Å². The van der Waals surface area contributed by atoms with Gasteiger partial charge in [-0.25, -0.2) is 9.98 Å². The van der Waals surface area contributed by atoms with Gasteiger partial charge in [-0.3, -0.25) is 0 Å².